The van der Waals surface area contributed by atoms with Gasteiger partial charge in [-0.15, -0.1) is 6.58 Å². The lowest BCUT2D eigenvalue weighted by Crippen LogP contribution is -2.51. The van der Waals surface area contributed by atoms with Crippen molar-refractivity contribution in [2.75, 3.05) is 13.1 Å². The smallest absolute Gasteiger partial charge is 0.240 e. The number of carbonyl (C=O) groups excluding carboxylic acids is 1. The summed E-state index contributed by atoms with van der Waals surface area (Å²) < 4.78 is 0. The molecule has 1 rings (SSSR count). The molecular weight excluding hydrogens is 164 g/mol. The van der Waals surface area contributed by atoms with E-state index in [0.717, 1.165) is 25.8 Å². The monoisotopic (exact) mass is 182 g/mol. The molecule has 13 heavy (non-hydrogen) atoms. The molecule has 0 aromatic carbocycles. The van der Waals surface area contributed by atoms with E-state index in [1.165, 1.54) is 0 Å². The molecule has 0 saturated carbocycles. The topological polar surface area (TPSA) is 41.1 Å². The normalized spacial score (nSPS) is 27.2. The number of hydrogen-bond donors (Lipinski definition) is 2. The van der Waals surface area contributed by atoms with E-state index in [-0.39, 0.29) is 11.4 Å². The third kappa shape index (κ3) is 2.56. The maximum atomic E-state index is 11.6. The van der Waals surface area contributed by atoms with E-state index >= 15 is 0 Å². The van der Waals surface area contributed by atoms with E-state index in [9.17, 15) is 4.79 Å². The van der Waals surface area contributed by atoms with Crippen molar-refractivity contribution < 1.29 is 4.79 Å². The molecule has 0 spiro atoms. The standard InChI is InChI=1S/C10H18N2O/c1-3-4-7-11-9(13)10(2)6-5-8-12-10/h3,12H,1,4-8H2,2H3,(H,11,13). The fourth-order valence-electron chi connectivity index (χ4n) is 1.57. The van der Waals surface area contributed by atoms with Gasteiger partial charge in [0.2, 0.25) is 5.91 Å². The SMILES string of the molecule is C=CCCNC(=O)C1(C)CCCN1. The molecule has 1 aliphatic rings. The summed E-state index contributed by atoms with van der Waals surface area (Å²) in [5.74, 6) is 0.117. The van der Waals surface area contributed by atoms with Crippen LogP contribution in [0.1, 0.15) is 26.2 Å². The van der Waals surface area contributed by atoms with E-state index in [1.807, 2.05) is 13.0 Å². The Morgan fingerprint density at radius 1 is 1.77 bits per heavy atom. The molecule has 0 aromatic rings. The molecule has 1 amide bonds. The van der Waals surface area contributed by atoms with E-state index < -0.39 is 0 Å². The fourth-order valence-corrected chi connectivity index (χ4v) is 1.57. The first kappa shape index (κ1) is 10.3. The van der Waals surface area contributed by atoms with Crippen molar-refractivity contribution in [2.24, 2.45) is 0 Å². The van der Waals surface area contributed by atoms with Crippen LogP contribution in [0.15, 0.2) is 12.7 Å². The highest BCUT2D eigenvalue weighted by Gasteiger charge is 2.35. The van der Waals surface area contributed by atoms with E-state index in [0.29, 0.717) is 6.54 Å². The molecule has 0 aromatic heterocycles. The van der Waals surface area contributed by atoms with Gasteiger partial charge in [-0.05, 0) is 32.7 Å². The average molecular weight is 182 g/mol. The van der Waals surface area contributed by atoms with Crippen LogP contribution in [0.25, 0.3) is 0 Å². The van der Waals surface area contributed by atoms with Gasteiger partial charge in [0.1, 0.15) is 0 Å². The number of carbonyl (C=O) groups is 1. The first-order chi connectivity index (χ1) is 6.19. The Morgan fingerprint density at radius 2 is 2.54 bits per heavy atom. The van der Waals surface area contributed by atoms with Gasteiger partial charge in [0.05, 0.1) is 5.54 Å². The van der Waals surface area contributed by atoms with Gasteiger partial charge in [0.15, 0.2) is 0 Å². The minimum atomic E-state index is -0.332. The van der Waals surface area contributed by atoms with Crippen molar-refractivity contribution >= 4 is 5.91 Å². The van der Waals surface area contributed by atoms with Gasteiger partial charge in [-0.2, -0.15) is 0 Å². The van der Waals surface area contributed by atoms with Gasteiger partial charge in [-0.3, -0.25) is 4.79 Å². The zero-order valence-electron chi connectivity index (χ0n) is 8.23. The molecule has 3 heteroatoms. The second kappa shape index (κ2) is 4.42. The van der Waals surface area contributed by atoms with Crippen LogP contribution in [0, 0.1) is 0 Å². The lowest BCUT2D eigenvalue weighted by molar-refractivity contribution is -0.126. The maximum absolute atomic E-state index is 11.6. The predicted molar refractivity (Wildman–Crippen MR) is 53.5 cm³/mol. The molecule has 3 nitrogen and oxygen atoms in total. The highest BCUT2D eigenvalue weighted by atomic mass is 16.2. The summed E-state index contributed by atoms with van der Waals surface area (Å²) >= 11 is 0. The third-order valence-corrected chi connectivity index (χ3v) is 2.50. The van der Waals surface area contributed by atoms with Crippen molar-refractivity contribution in [3.8, 4) is 0 Å². The Kier molecular flexibility index (Phi) is 3.48. The van der Waals surface area contributed by atoms with Crippen LogP contribution in [0.5, 0.6) is 0 Å². The summed E-state index contributed by atoms with van der Waals surface area (Å²) in [6.45, 7) is 7.21. The van der Waals surface area contributed by atoms with Crippen LogP contribution >= 0.6 is 0 Å². The maximum Gasteiger partial charge on any atom is 0.240 e. The first-order valence-electron chi connectivity index (χ1n) is 4.83. The molecule has 1 saturated heterocycles. The van der Waals surface area contributed by atoms with Crippen LogP contribution in [0.4, 0.5) is 0 Å². The van der Waals surface area contributed by atoms with Crippen molar-refractivity contribution in [1.82, 2.24) is 10.6 Å². The lowest BCUT2D eigenvalue weighted by atomic mass is 9.99. The van der Waals surface area contributed by atoms with Gasteiger partial charge in [0.25, 0.3) is 0 Å². The summed E-state index contributed by atoms with van der Waals surface area (Å²) in [6, 6.07) is 0. The average Bonchev–Trinajstić information content (AvgIpc) is 2.54. The van der Waals surface area contributed by atoms with Crippen LogP contribution in [0.2, 0.25) is 0 Å². The summed E-state index contributed by atoms with van der Waals surface area (Å²) in [5.41, 5.74) is -0.332. The van der Waals surface area contributed by atoms with Gasteiger partial charge < -0.3 is 10.6 Å². The molecule has 0 radical (unpaired) electrons. The van der Waals surface area contributed by atoms with Crippen molar-refractivity contribution in [1.29, 1.82) is 0 Å². The lowest BCUT2D eigenvalue weighted by Gasteiger charge is -2.22. The van der Waals surface area contributed by atoms with Crippen LogP contribution < -0.4 is 10.6 Å². The summed E-state index contributed by atoms with van der Waals surface area (Å²) in [7, 11) is 0. The minimum Gasteiger partial charge on any atom is -0.354 e. The number of amides is 1. The third-order valence-electron chi connectivity index (χ3n) is 2.50. The van der Waals surface area contributed by atoms with Gasteiger partial charge >= 0.3 is 0 Å². The Balaban J connectivity index is 2.33. The van der Waals surface area contributed by atoms with Crippen LogP contribution in [-0.2, 0) is 4.79 Å². The summed E-state index contributed by atoms with van der Waals surface area (Å²) in [5, 5.41) is 6.12. The molecule has 1 atom stereocenters. The summed E-state index contributed by atoms with van der Waals surface area (Å²) in [6.07, 6.45) is 4.67. The van der Waals surface area contributed by atoms with Gasteiger partial charge in [-0.25, -0.2) is 0 Å². The van der Waals surface area contributed by atoms with Crippen molar-refractivity contribution in [2.45, 2.75) is 31.7 Å². The highest BCUT2D eigenvalue weighted by molar-refractivity contribution is 5.86. The molecule has 1 unspecified atom stereocenters. The van der Waals surface area contributed by atoms with E-state index in [1.54, 1.807) is 0 Å². The zero-order valence-corrected chi connectivity index (χ0v) is 8.23. The quantitative estimate of drug-likeness (QED) is 0.499. The zero-order chi connectivity index (χ0) is 9.73. The predicted octanol–water partition coefficient (Wildman–Crippen LogP) is 0.821. The van der Waals surface area contributed by atoms with E-state index in [2.05, 4.69) is 17.2 Å². The molecule has 0 bridgehead atoms. The Morgan fingerprint density at radius 3 is 3.08 bits per heavy atom. The molecular formula is C10H18N2O. The first-order valence-corrected chi connectivity index (χ1v) is 4.83. The molecule has 1 heterocycles. The largest absolute Gasteiger partial charge is 0.354 e. The van der Waals surface area contributed by atoms with Crippen LogP contribution in [-0.4, -0.2) is 24.5 Å². The van der Waals surface area contributed by atoms with E-state index in [4.69, 9.17) is 0 Å². The molecule has 1 aliphatic heterocycles. The van der Waals surface area contributed by atoms with Crippen molar-refractivity contribution in [3.63, 3.8) is 0 Å². The second-order valence-electron chi connectivity index (χ2n) is 3.70. The highest BCUT2D eigenvalue weighted by Crippen LogP contribution is 2.18. The molecule has 74 valence electrons. The number of rotatable bonds is 4. The molecule has 0 aliphatic carbocycles. The molecule has 1 fully saturated rings. The minimum absolute atomic E-state index is 0.117. The van der Waals surface area contributed by atoms with Crippen LogP contribution in [0.3, 0.4) is 0 Å². The van der Waals surface area contributed by atoms with Gasteiger partial charge in [-0.1, -0.05) is 6.08 Å². The molecule has 2 N–H and O–H groups in total. The Bertz CT molecular complexity index is 195. The summed E-state index contributed by atoms with van der Waals surface area (Å²) in [4.78, 5) is 11.6. The number of hydrogen-bond acceptors (Lipinski definition) is 2. The second-order valence-corrected chi connectivity index (χ2v) is 3.70. The fraction of sp³-hybridized carbons (Fsp3) is 0.700. The van der Waals surface area contributed by atoms with Gasteiger partial charge in [0, 0.05) is 6.54 Å². The number of nitrogens with one attached hydrogen (secondary N) is 2. The van der Waals surface area contributed by atoms with Crippen molar-refractivity contribution in [3.05, 3.63) is 12.7 Å². The Labute approximate surface area is 79.6 Å². The Hall–Kier alpha value is -0.830.